The van der Waals surface area contributed by atoms with E-state index in [9.17, 15) is 0 Å². The summed E-state index contributed by atoms with van der Waals surface area (Å²) < 4.78 is 0. The number of thioether (sulfide) groups is 1. The minimum absolute atomic E-state index is 0.333. The van der Waals surface area contributed by atoms with Crippen molar-refractivity contribution in [3.63, 3.8) is 0 Å². The van der Waals surface area contributed by atoms with Crippen LogP contribution in [0.25, 0.3) is 0 Å². The lowest BCUT2D eigenvalue weighted by molar-refractivity contribution is 0.555. The van der Waals surface area contributed by atoms with Gasteiger partial charge in [0.1, 0.15) is 0 Å². The van der Waals surface area contributed by atoms with Crippen molar-refractivity contribution in [2.45, 2.75) is 6.92 Å². The average molecular weight is 127 g/mol. The second-order valence-electron chi connectivity index (χ2n) is 2.25. The molecule has 0 radical (unpaired) electrons. The predicted molar refractivity (Wildman–Crippen MR) is 35.6 cm³/mol. The molecule has 0 aromatic carbocycles. The van der Waals surface area contributed by atoms with Crippen molar-refractivity contribution in [1.29, 1.82) is 5.26 Å². The molecule has 0 aliphatic carbocycles. The molecule has 2 heteroatoms. The zero-order valence-electron chi connectivity index (χ0n) is 4.92. The smallest absolute Gasteiger partial charge is 0.0667 e. The van der Waals surface area contributed by atoms with Crippen LogP contribution in [-0.4, -0.2) is 11.5 Å². The Labute approximate surface area is 54.1 Å². The topological polar surface area (TPSA) is 23.8 Å². The number of nitrogens with zero attached hydrogens (tertiary/aromatic N) is 1. The Morgan fingerprint density at radius 1 is 1.62 bits per heavy atom. The summed E-state index contributed by atoms with van der Waals surface area (Å²) in [6.45, 7) is 2.15. The summed E-state index contributed by atoms with van der Waals surface area (Å²) in [5, 5.41) is 8.47. The minimum atomic E-state index is 0.333. The first-order chi connectivity index (χ1) is 3.84. The second-order valence-corrected chi connectivity index (χ2v) is 3.33. The summed E-state index contributed by atoms with van der Waals surface area (Å²) in [7, 11) is 0. The highest BCUT2D eigenvalue weighted by atomic mass is 32.2. The van der Waals surface area contributed by atoms with Crippen molar-refractivity contribution in [2.75, 3.05) is 11.5 Å². The molecule has 44 valence electrons. The van der Waals surface area contributed by atoms with Gasteiger partial charge in [0.25, 0.3) is 0 Å². The maximum Gasteiger partial charge on any atom is 0.0667 e. The van der Waals surface area contributed by atoms with Crippen LogP contribution in [0, 0.1) is 23.2 Å². The molecule has 0 bridgehead atoms. The van der Waals surface area contributed by atoms with Crippen molar-refractivity contribution < 1.29 is 0 Å². The molecule has 0 N–H and O–H groups in total. The molecule has 1 saturated heterocycles. The molecule has 0 amide bonds. The summed E-state index contributed by atoms with van der Waals surface area (Å²) in [5.74, 6) is 3.20. The van der Waals surface area contributed by atoms with E-state index in [1.807, 2.05) is 11.8 Å². The van der Waals surface area contributed by atoms with Crippen LogP contribution in [-0.2, 0) is 0 Å². The Balaban J connectivity index is 2.45. The molecular formula is C6H9NS. The quantitative estimate of drug-likeness (QED) is 0.492. The van der Waals surface area contributed by atoms with Gasteiger partial charge in [-0.1, -0.05) is 6.92 Å². The van der Waals surface area contributed by atoms with Gasteiger partial charge in [-0.05, 0) is 11.7 Å². The molecule has 0 saturated carbocycles. The molecule has 1 heterocycles. The third kappa shape index (κ3) is 0.976. The third-order valence-corrected chi connectivity index (χ3v) is 2.89. The first kappa shape index (κ1) is 5.97. The molecule has 1 aliphatic rings. The maximum atomic E-state index is 8.47. The van der Waals surface area contributed by atoms with Crippen LogP contribution in [0.5, 0.6) is 0 Å². The van der Waals surface area contributed by atoms with Crippen LogP contribution in [0.1, 0.15) is 6.92 Å². The monoisotopic (exact) mass is 127 g/mol. The molecule has 1 aliphatic heterocycles. The predicted octanol–water partition coefficient (Wildman–Crippen LogP) is 1.51. The Bertz CT molecular complexity index is 116. The standard InChI is InChI=1S/C6H9NS/c1-5-3-8-4-6(5)2-7/h5-6H,3-4H2,1H3. The summed E-state index contributed by atoms with van der Waals surface area (Å²) in [6.07, 6.45) is 0. The highest BCUT2D eigenvalue weighted by Crippen LogP contribution is 2.28. The first-order valence-corrected chi connectivity index (χ1v) is 3.97. The lowest BCUT2D eigenvalue weighted by atomic mass is 10.0. The maximum absolute atomic E-state index is 8.47. The van der Waals surface area contributed by atoms with Gasteiger partial charge in [0, 0.05) is 5.75 Å². The van der Waals surface area contributed by atoms with E-state index in [0.29, 0.717) is 11.8 Å². The van der Waals surface area contributed by atoms with Crippen LogP contribution in [0.4, 0.5) is 0 Å². The summed E-state index contributed by atoms with van der Waals surface area (Å²) >= 11 is 1.89. The lowest BCUT2D eigenvalue weighted by Gasteiger charge is -2.00. The number of hydrogen-bond donors (Lipinski definition) is 0. The van der Waals surface area contributed by atoms with E-state index >= 15 is 0 Å². The molecule has 0 aromatic rings. The first-order valence-electron chi connectivity index (χ1n) is 2.82. The van der Waals surface area contributed by atoms with Gasteiger partial charge in [-0.3, -0.25) is 0 Å². The molecule has 1 nitrogen and oxygen atoms in total. The van der Waals surface area contributed by atoms with Gasteiger partial charge in [0.15, 0.2) is 0 Å². The van der Waals surface area contributed by atoms with E-state index in [-0.39, 0.29) is 0 Å². The number of nitriles is 1. The van der Waals surface area contributed by atoms with Gasteiger partial charge in [0.05, 0.1) is 12.0 Å². The fourth-order valence-corrected chi connectivity index (χ4v) is 2.22. The van der Waals surface area contributed by atoms with Crippen LogP contribution in [0.3, 0.4) is 0 Å². The lowest BCUT2D eigenvalue weighted by Crippen LogP contribution is -2.04. The zero-order valence-corrected chi connectivity index (χ0v) is 5.74. The van der Waals surface area contributed by atoms with Crippen LogP contribution >= 0.6 is 11.8 Å². The van der Waals surface area contributed by atoms with E-state index in [2.05, 4.69) is 13.0 Å². The zero-order chi connectivity index (χ0) is 5.98. The van der Waals surface area contributed by atoms with Gasteiger partial charge < -0.3 is 0 Å². The fourth-order valence-electron chi connectivity index (χ4n) is 0.826. The van der Waals surface area contributed by atoms with Crippen LogP contribution < -0.4 is 0 Å². The van der Waals surface area contributed by atoms with Crippen molar-refractivity contribution in [1.82, 2.24) is 0 Å². The van der Waals surface area contributed by atoms with Gasteiger partial charge in [-0.2, -0.15) is 17.0 Å². The van der Waals surface area contributed by atoms with Gasteiger partial charge in [-0.25, -0.2) is 0 Å². The molecular weight excluding hydrogens is 118 g/mol. The normalized spacial score (nSPS) is 37.0. The molecule has 0 aromatic heterocycles. The molecule has 8 heavy (non-hydrogen) atoms. The Morgan fingerprint density at radius 3 is 2.62 bits per heavy atom. The SMILES string of the molecule is CC1CSCC1C#N. The summed E-state index contributed by atoms with van der Waals surface area (Å²) in [4.78, 5) is 0. The van der Waals surface area contributed by atoms with E-state index in [0.717, 1.165) is 5.75 Å². The average Bonchev–Trinajstić information content (AvgIpc) is 2.14. The largest absolute Gasteiger partial charge is 0.198 e. The van der Waals surface area contributed by atoms with Crippen molar-refractivity contribution in [2.24, 2.45) is 11.8 Å². The van der Waals surface area contributed by atoms with E-state index in [1.165, 1.54) is 5.75 Å². The number of hydrogen-bond acceptors (Lipinski definition) is 2. The fraction of sp³-hybridized carbons (Fsp3) is 0.833. The van der Waals surface area contributed by atoms with E-state index in [1.54, 1.807) is 0 Å². The van der Waals surface area contributed by atoms with Crippen molar-refractivity contribution >= 4 is 11.8 Å². The van der Waals surface area contributed by atoms with Crippen LogP contribution in [0.2, 0.25) is 0 Å². The minimum Gasteiger partial charge on any atom is -0.198 e. The van der Waals surface area contributed by atoms with E-state index in [4.69, 9.17) is 5.26 Å². The van der Waals surface area contributed by atoms with Crippen molar-refractivity contribution in [3.05, 3.63) is 0 Å². The third-order valence-electron chi connectivity index (χ3n) is 1.53. The van der Waals surface area contributed by atoms with Gasteiger partial charge in [-0.15, -0.1) is 0 Å². The molecule has 2 unspecified atom stereocenters. The molecule has 2 atom stereocenters. The highest BCUT2D eigenvalue weighted by molar-refractivity contribution is 7.99. The summed E-state index contributed by atoms with van der Waals surface area (Å²) in [5.41, 5.74) is 0. The highest BCUT2D eigenvalue weighted by Gasteiger charge is 2.22. The molecule has 1 fully saturated rings. The second kappa shape index (κ2) is 2.41. The Morgan fingerprint density at radius 2 is 2.38 bits per heavy atom. The van der Waals surface area contributed by atoms with Crippen LogP contribution in [0.15, 0.2) is 0 Å². The van der Waals surface area contributed by atoms with E-state index < -0.39 is 0 Å². The molecule has 0 spiro atoms. The van der Waals surface area contributed by atoms with Gasteiger partial charge in [0.2, 0.25) is 0 Å². The Kier molecular flexibility index (Phi) is 1.80. The van der Waals surface area contributed by atoms with Gasteiger partial charge >= 0.3 is 0 Å². The van der Waals surface area contributed by atoms with Crippen molar-refractivity contribution in [3.8, 4) is 6.07 Å². The Hall–Kier alpha value is -0.160. The summed E-state index contributed by atoms with van der Waals surface area (Å²) in [6, 6.07) is 2.29. The number of rotatable bonds is 0. The molecule has 1 rings (SSSR count).